The highest BCUT2D eigenvalue weighted by atomic mass is 16.5. The zero-order chi connectivity index (χ0) is 10.0. The van der Waals surface area contributed by atoms with Crippen LogP contribution in [0.2, 0.25) is 0 Å². The lowest BCUT2D eigenvalue weighted by molar-refractivity contribution is -0.0855. The summed E-state index contributed by atoms with van der Waals surface area (Å²) < 4.78 is 5.33. The van der Waals surface area contributed by atoms with Gasteiger partial charge in [0.05, 0.1) is 13.2 Å². The van der Waals surface area contributed by atoms with Crippen molar-refractivity contribution in [3.05, 3.63) is 30.1 Å². The number of rotatable bonds is 3. The van der Waals surface area contributed by atoms with Crippen molar-refractivity contribution in [3.63, 3.8) is 0 Å². The molecule has 0 amide bonds. The summed E-state index contributed by atoms with van der Waals surface area (Å²) in [5.74, 6) is 0.445. The van der Waals surface area contributed by atoms with Crippen LogP contribution in [-0.4, -0.2) is 24.7 Å². The van der Waals surface area contributed by atoms with Crippen molar-refractivity contribution < 1.29 is 4.74 Å². The van der Waals surface area contributed by atoms with Gasteiger partial charge in [-0.2, -0.15) is 0 Å². The second kappa shape index (κ2) is 3.67. The molecule has 14 heavy (non-hydrogen) atoms. The maximum absolute atomic E-state index is 5.73. The Hall–Kier alpha value is -0.930. The van der Waals surface area contributed by atoms with Crippen LogP contribution in [0.1, 0.15) is 12.5 Å². The van der Waals surface area contributed by atoms with Crippen LogP contribution in [-0.2, 0) is 10.2 Å². The molecule has 0 saturated carbocycles. The lowest BCUT2D eigenvalue weighted by atomic mass is 9.70. The Labute approximate surface area is 84.3 Å². The number of aromatic nitrogens is 1. The number of hydrogen-bond acceptors (Lipinski definition) is 3. The monoisotopic (exact) mass is 192 g/mol. The lowest BCUT2D eigenvalue weighted by Crippen LogP contribution is -2.53. The second-order valence-corrected chi connectivity index (χ2v) is 4.03. The first-order chi connectivity index (χ1) is 6.79. The third kappa shape index (κ3) is 1.33. The van der Waals surface area contributed by atoms with Crippen molar-refractivity contribution >= 4 is 0 Å². The Morgan fingerprint density at radius 2 is 2.43 bits per heavy atom. The first-order valence-corrected chi connectivity index (χ1v) is 4.98. The van der Waals surface area contributed by atoms with E-state index >= 15 is 0 Å². The Bertz CT molecular complexity index is 295. The van der Waals surface area contributed by atoms with Crippen molar-refractivity contribution in [2.75, 3.05) is 19.8 Å². The topological polar surface area (TPSA) is 48.1 Å². The second-order valence-electron chi connectivity index (χ2n) is 4.03. The molecule has 1 aromatic heterocycles. The molecular weight excluding hydrogens is 176 g/mol. The largest absolute Gasteiger partial charge is 0.379 e. The average molecular weight is 192 g/mol. The Morgan fingerprint density at radius 3 is 2.86 bits per heavy atom. The summed E-state index contributed by atoms with van der Waals surface area (Å²) in [4.78, 5) is 4.15. The first-order valence-electron chi connectivity index (χ1n) is 4.98. The van der Waals surface area contributed by atoms with E-state index in [0.717, 1.165) is 13.2 Å². The molecule has 2 heterocycles. The van der Waals surface area contributed by atoms with Gasteiger partial charge in [-0.25, -0.2) is 0 Å². The van der Waals surface area contributed by atoms with Crippen LogP contribution < -0.4 is 5.73 Å². The third-order valence-corrected chi connectivity index (χ3v) is 3.25. The van der Waals surface area contributed by atoms with E-state index in [9.17, 15) is 0 Å². The summed E-state index contributed by atoms with van der Waals surface area (Å²) in [6, 6.07) is 4.08. The van der Waals surface area contributed by atoms with Crippen molar-refractivity contribution in [2.45, 2.75) is 12.3 Å². The molecule has 3 heteroatoms. The summed E-state index contributed by atoms with van der Waals surface area (Å²) >= 11 is 0. The minimum absolute atomic E-state index is 0.114. The van der Waals surface area contributed by atoms with Gasteiger partial charge in [0.1, 0.15) is 0 Å². The maximum atomic E-state index is 5.73. The van der Waals surface area contributed by atoms with E-state index in [1.165, 1.54) is 5.56 Å². The van der Waals surface area contributed by atoms with Crippen molar-refractivity contribution in [1.29, 1.82) is 0 Å². The molecule has 1 atom stereocenters. The fourth-order valence-electron chi connectivity index (χ4n) is 1.94. The van der Waals surface area contributed by atoms with Crippen LogP contribution in [0.4, 0.5) is 0 Å². The summed E-state index contributed by atoms with van der Waals surface area (Å²) in [6.45, 7) is 4.42. The lowest BCUT2D eigenvalue weighted by Gasteiger charge is -2.46. The first kappa shape index (κ1) is 9.62. The van der Waals surface area contributed by atoms with E-state index in [0.29, 0.717) is 12.5 Å². The van der Waals surface area contributed by atoms with Crippen LogP contribution in [0.3, 0.4) is 0 Å². The molecule has 76 valence electrons. The Balaban J connectivity index is 2.29. The number of nitrogens with zero attached hydrogens (tertiary/aromatic N) is 1. The molecule has 2 N–H and O–H groups in total. The highest BCUT2D eigenvalue weighted by Gasteiger charge is 2.44. The van der Waals surface area contributed by atoms with E-state index < -0.39 is 0 Å². The van der Waals surface area contributed by atoms with E-state index in [2.05, 4.69) is 18.0 Å². The van der Waals surface area contributed by atoms with Gasteiger partial charge in [0.25, 0.3) is 0 Å². The van der Waals surface area contributed by atoms with Gasteiger partial charge in [0, 0.05) is 17.8 Å². The quantitative estimate of drug-likeness (QED) is 0.775. The van der Waals surface area contributed by atoms with Crippen LogP contribution in [0.25, 0.3) is 0 Å². The molecule has 1 fully saturated rings. The van der Waals surface area contributed by atoms with Gasteiger partial charge in [-0.15, -0.1) is 0 Å². The molecule has 1 saturated heterocycles. The molecule has 0 radical (unpaired) electrons. The third-order valence-electron chi connectivity index (χ3n) is 3.25. The van der Waals surface area contributed by atoms with Gasteiger partial charge >= 0.3 is 0 Å². The highest BCUT2D eigenvalue weighted by molar-refractivity contribution is 5.26. The molecule has 0 aromatic carbocycles. The number of pyridine rings is 1. The van der Waals surface area contributed by atoms with E-state index in [-0.39, 0.29) is 5.41 Å². The van der Waals surface area contributed by atoms with Gasteiger partial charge in [-0.3, -0.25) is 4.98 Å². The average Bonchev–Trinajstić information content (AvgIpc) is 2.17. The molecule has 0 aliphatic carbocycles. The zero-order valence-corrected chi connectivity index (χ0v) is 8.44. The number of nitrogens with two attached hydrogens (primary N) is 1. The molecule has 1 aliphatic rings. The summed E-state index contributed by atoms with van der Waals surface area (Å²) in [5, 5.41) is 0. The van der Waals surface area contributed by atoms with Crippen molar-refractivity contribution in [1.82, 2.24) is 4.98 Å². The molecule has 2 rings (SSSR count). The van der Waals surface area contributed by atoms with Gasteiger partial charge in [0.15, 0.2) is 0 Å². The van der Waals surface area contributed by atoms with Gasteiger partial charge < -0.3 is 10.5 Å². The molecule has 3 nitrogen and oxygen atoms in total. The van der Waals surface area contributed by atoms with Crippen LogP contribution in [0, 0.1) is 5.92 Å². The van der Waals surface area contributed by atoms with E-state index in [4.69, 9.17) is 10.5 Å². The molecule has 0 bridgehead atoms. The summed E-state index contributed by atoms with van der Waals surface area (Å²) in [5.41, 5.74) is 7.10. The zero-order valence-electron chi connectivity index (χ0n) is 8.44. The maximum Gasteiger partial charge on any atom is 0.0589 e. The van der Waals surface area contributed by atoms with E-state index in [1.54, 1.807) is 6.20 Å². The molecule has 1 aromatic rings. The number of ether oxygens (including phenoxy) is 1. The molecule has 0 spiro atoms. The van der Waals surface area contributed by atoms with Crippen molar-refractivity contribution in [2.24, 2.45) is 11.7 Å². The predicted molar refractivity (Wildman–Crippen MR) is 55.0 cm³/mol. The molecule has 1 aliphatic heterocycles. The normalized spacial score (nSPS) is 21.3. The standard InChI is InChI=1S/C11H16N2O/c1-9(5-12)11(7-14-8-11)10-3-2-4-13-6-10/h2-4,6,9H,5,7-8,12H2,1H3. The van der Waals surface area contributed by atoms with Crippen molar-refractivity contribution in [3.8, 4) is 0 Å². The van der Waals surface area contributed by atoms with Gasteiger partial charge in [-0.05, 0) is 24.1 Å². The fraction of sp³-hybridized carbons (Fsp3) is 0.545. The molecular formula is C11H16N2O. The Morgan fingerprint density at radius 1 is 1.64 bits per heavy atom. The minimum atomic E-state index is 0.114. The Kier molecular flexibility index (Phi) is 2.52. The SMILES string of the molecule is CC(CN)C1(c2cccnc2)COC1. The highest BCUT2D eigenvalue weighted by Crippen LogP contribution is 2.38. The van der Waals surface area contributed by atoms with E-state index in [1.807, 2.05) is 12.3 Å². The van der Waals surface area contributed by atoms with Crippen LogP contribution in [0.5, 0.6) is 0 Å². The molecule has 1 unspecified atom stereocenters. The van der Waals surface area contributed by atoms with Gasteiger partial charge in [-0.1, -0.05) is 13.0 Å². The predicted octanol–water partition coefficient (Wildman–Crippen LogP) is 0.944. The summed E-state index contributed by atoms with van der Waals surface area (Å²) in [7, 11) is 0. The number of hydrogen-bond donors (Lipinski definition) is 1. The van der Waals surface area contributed by atoms with Gasteiger partial charge in [0.2, 0.25) is 0 Å². The van der Waals surface area contributed by atoms with Crippen LogP contribution in [0.15, 0.2) is 24.5 Å². The summed E-state index contributed by atoms with van der Waals surface area (Å²) in [6.07, 6.45) is 3.72. The smallest absolute Gasteiger partial charge is 0.0589 e. The minimum Gasteiger partial charge on any atom is -0.379 e. The van der Waals surface area contributed by atoms with Crippen LogP contribution >= 0.6 is 0 Å². The fourth-order valence-corrected chi connectivity index (χ4v) is 1.94.